The first-order chi connectivity index (χ1) is 8.71. The van der Waals surface area contributed by atoms with Crippen LogP contribution in [-0.4, -0.2) is 19.4 Å². The van der Waals surface area contributed by atoms with Gasteiger partial charge in [-0.3, -0.25) is 4.79 Å². The highest BCUT2D eigenvalue weighted by Gasteiger charge is 2.11. The average Bonchev–Trinajstić information content (AvgIpc) is 2.42. The minimum atomic E-state index is -0.214. The SMILES string of the molecule is CCN(CC)c1ccc2cc(C=O)ccc2c1F. The van der Waals surface area contributed by atoms with Crippen molar-refractivity contribution in [2.45, 2.75) is 13.8 Å². The lowest BCUT2D eigenvalue weighted by molar-refractivity contribution is 0.112. The van der Waals surface area contributed by atoms with Crippen molar-refractivity contribution in [3.63, 3.8) is 0 Å². The van der Waals surface area contributed by atoms with E-state index >= 15 is 0 Å². The van der Waals surface area contributed by atoms with Crippen molar-refractivity contribution >= 4 is 22.7 Å². The lowest BCUT2D eigenvalue weighted by atomic mass is 10.1. The average molecular weight is 245 g/mol. The molecule has 0 saturated carbocycles. The highest BCUT2D eigenvalue weighted by Crippen LogP contribution is 2.27. The van der Waals surface area contributed by atoms with Gasteiger partial charge in [0.1, 0.15) is 6.29 Å². The summed E-state index contributed by atoms with van der Waals surface area (Å²) in [7, 11) is 0. The summed E-state index contributed by atoms with van der Waals surface area (Å²) in [6.45, 7) is 5.54. The smallest absolute Gasteiger partial charge is 0.154 e. The van der Waals surface area contributed by atoms with Crippen LogP contribution >= 0.6 is 0 Å². The zero-order valence-electron chi connectivity index (χ0n) is 10.6. The fourth-order valence-corrected chi connectivity index (χ4v) is 2.18. The zero-order valence-corrected chi connectivity index (χ0v) is 10.6. The van der Waals surface area contributed by atoms with E-state index in [1.165, 1.54) is 0 Å². The molecule has 2 rings (SSSR count). The standard InChI is InChI=1S/C15H16FNO/c1-3-17(4-2)14-8-6-12-9-11(10-18)5-7-13(12)15(14)16/h5-10H,3-4H2,1-2H3. The van der Waals surface area contributed by atoms with Gasteiger partial charge in [-0.15, -0.1) is 0 Å². The molecule has 0 unspecified atom stereocenters. The van der Waals surface area contributed by atoms with Crippen LogP contribution in [0.25, 0.3) is 10.8 Å². The summed E-state index contributed by atoms with van der Waals surface area (Å²) in [6.07, 6.45) is 0.773. The maximum Gasteiger partial charge on any atom is 0.154 e. The minimum absolute atomic E-state index is 0.214. The topological polar surface area (TPSA) is 20.3 Å². The Morgan fingerprint density at radius 1 is 1.17 bits per heavy atom. The molecule has 0 spiro atoms. The molecular formula is C15H16FNO. The van der Waals surface area contributed by atoms with Gasteiger partial charge in [-0.1, -0.05) is 18.2 Å². The van der Waals surface area contributed by atoms with E-state index in [0.717, 1.165) is 24.8 Å². The molecule has 0 aliphatic carbocycles. The van der Waals surface area contributed by atoms with Crippen LogP contribution in [0.3, 0.4) is 0 Å². The van der Waals surface area contributed by atoms with Crippen LogP contribution < -0.4 is 4.90 Å². The number of benzene rings is 2. The van der Waals surface area contributed by atoms with Crippen molar-refractivity contribution in [3.05, 3.63) is 41.7 Å². The molecule has 0 saturated heterocycles. The highest BCUT2D eigenvalue weighted by atomic mass is 19.1. The number of nitrogens with zero attached hydrogens (tertiary/aromatic N) is 1. The van der Waals surface area contributed by atoms with E-state index in [2.05, 4.69) is 0 Å². The van der Waals surface area contributed by atoms with E-state index in [9.17, 15) is 9.18 Å². The maximum atomic E-state index is 14.4. The Morgan fingerprint density at radius 3 is 2.50 bits per heavy atom. The quantitative estimate of drug-likeness (QED) is 0.766. The number of fused-ring (bicyclic) bond motifs is 1. The molecule has 0 aliphatic heterocycles. The van der Waals surface area contributed by atoms with Gasteiger partial charge in [0.25, 0.3) is 0 Å². The van der Waals surface area contributed by atoms with Gasteiger partial charge in [-0.2, -0.15) is 0 Å². The molecule has 0 amide bonds. The van der Waals surface area contributed by atoms with Crippen LogP contribution in [-0.2, 0) is 0 Å². The maximum absolute atomic E-state index is 14.4. The number of hydrogen-bond acceptors (Lipinski definition) is 2. The number of aldehydes is 1. The Labute approximate surface area is 106 Å². The molecule has 0 aliphatic rings. The van der Waals surface area contributed by atoms with Gasteiger partial charge in [0.15, 0.2) is 5.82 Å². The number of carbonyl (C=O) groups is 1. The summed E-state index contributed by atoms with van der Waals surface area (Å²) in [6, 6.07) is 8.65. The summed E-state index contributed by atoms with van der Waals surface area (Å²) >= 11 is 0. The second-order valence-corrected chi connectivity index (χ2v) is 4.17. The van der Waals surface area contributed by atoms with E-state index in [0.29, 0.717) is 16.6 Å². The van der Waals surface area contributed by atoms with E-state index < -0.39 is 0 Å². The van der Waals surface area contributed by atoms with Crippen LogP contribution in [0.5, 0.6) is 0 Å². The van der Waals surface area contributed by atoms with E-state index in [1.54, 1.807) is 24.3 Å². The van der Waals surface area contributed by atoms with E-state index in [-0.39, 0.29) is 5.82 Å². The molecule has 0 radical (unpaired) electrons. The fraction of sp³-hybridized carbons (Fsp3) is 0.267. The summed E-state index contributed by atoms with van der Waals surface area (Å²) in [5.74, 6) is -0.214. The third kappa shape index (κ3) is 2.08. The number of rotatable bonds is 4. The predicted molar refractivity (Wildman–Crippen MR) is 72.9 cm³/mol. The van der Waals surface area contributed by atoms with Crippen LogP contribution in [0.1, 0.15) is 24.2 Å². The van der Waals surface area contributed by atoms with E-state index in [4.69, 9.17) is 0 Å². The molecule has 2 aromatic carbocycles. The first-order valence-corrected chi connectivity index (χ1v) is 6.13. The molecule has 0 heterocycles. The Morgan fingerprint density at radius 2 is 1.89 bits per heavy atom. The van der Waals surface area contributed by atoms with Gasteiger partial charge in [0.05, 0.1) is 5.69 Å². The largest absolute Gasteiger partial charge is 0.370 e. The van der Waals surface area contributed by atoms with Crippen molar-refractivity contribution in [1.82, 2.24) is 0 Å². The molecule has 2 aromatic rings. The minimum Gasteiger partial charge on any atom is -0.370 e. The van der Waals surface area contributed by atoms with Crippen molar-refractivity contribution in [3.8, 4) is 0 Å². The number of carbonyl (C=O) groups excluding carboxylic acids is 1. The van der Waals surface area contributed by atoms with Crippen LogP contribution in [0.15, 0.2) is 30.3 Å². The number of hydrogen-bond donors (Lipinski definition) is 0. The van der Waals surface area contributed by atoms with Crippen molar-refractivity contribution in [2.24, 2.45) is 0 Å². The van der Waals surface area contributed by atoms with Crippen LogP contribution in [0.4, 0.5) is 10.1 Å². The Kier molecular flexibility index (Phi) is 3.60. The molecule has 0 bridgehead atoms. The molecular weight excluding hydrogens is 229 g/mol. The Hall–Kier alpha value is -1.90. The zero-order chi connectivity index (χ0) is 13.1. The van der Waals surface area contributed by atoms with Crippen molar-refractivity contribution in [2.75, 3.05) is 18.0 Å². The molecule has 18 heavy (non-hydrogen) atoms. The molecule has 94 valence electrons. The lowest BCUT2D eigenvalue weighted by Gasteiger charge is -2.22. The number of anilines is 1. The monoisotopic (exact) mass is 245 g/mol. The molecule has 0 fully saturated rings. The van der Waals surface area contributed by atoms with Gasteiger partial charge in [-0.05, 0) is 31.4 Å². The summed E-state index contributed by atoms with van der Waals surface area (Å²) in [5, 5.41) is 1.32. The van der Waals surface area contributed by atoms with Gasteiger partial charge in [0.2, 0.25) is 0 Å². The molecule has 3 heteroatoms. The van der Waals surface area contributed by atoms with Crippen LogP contribution in [0, 0.1) is 5.82 Å². The van der Waals surface area contributed by atoms with Crippen LogP contribution in [0.2, 0.25) is 0 Å². The first kappa shape index (κ1) is 12.6. The van der Waals surface area contributed by atoms with Gasteiger partial charge in [0, 0.05) is 24.0 Å². The third-order valence-electron chi connectivity index (χ3n) is 3.20. The van der Waals surface area contributed by atoms with Gasteiger partial charge < -0.3 is 4.90 Å². The molecule has 0 N–H and O–H groups in total. The summed E-state index contributed by atoms with van der Waals surface area (Å²) in [4.78, 5) is 12.7. The number of halogens is 1. The fourth-order valence-electron chi connectivity index (χ4n) is 2.18. The Balaban J connectivity index is 2.60. The van der Waals surface area contributed by atoms with Crippen molar-refractivity contribution in [1.29, 1.82) is 0 Å². The van der Waals surface area contributed by atoms with Gasteiger partial charge >= 0.3 is 0 Å². The third-order valence-corrected chi connectivity index (χ3v) is 3.20. The highest BCUT2D eigenvalue weighted by molar-refractivity contribution is 5.91. The predicted octanol–water partition coefficient (Wildman–Crippen LogP) is 3.64. The first-order valence-electron chi connectivity index (χ1n) is 6.13. The molecule has 2 nitrogen and oxygen atoms in total. The summed E-state index contributed by atoms with van der Waals surface area (Å²) in [5.41, 5.74) is 1.18. The molecule has 0 aromatic heterocycles. The van der Waals surface area contributed by atoms with Gasteiger partial charge in [-0.25, -0.2) is 4.39 Å². The van der Waals surface area contributed by atoms with Crippen molar-refractivity contribution < 1.29 is 9.18 Å². The van der Waals surface area contributed by atoms with E-state index in [1.807, 2.05) is 24.8 Å². The second-order valence-electron chi connectivity index (χ2n) is 4.17. The second kappa shape index (κ2) is 5.17. The Bertz CT molecular complexity index is 576. The normalized spacial score (nSPS) is 10.6. The summed E-state index contributed by atoms with van der Waals surface area (Å²) < 4.78 is 14.4. The lowest BCUT2D eigenvalue weighted by Crippen LogP contribution is -2.22. The molecule has 0 atom stereocenters.